The number of nitrogens with zero attached hydrogens (tertiary/aromatic N) is 2. The van der Waals surface area contributed by atoms with Gasteiger partial charge in [0.25, 0.3) is 11.6 Å². The van der Waals surface area contributed by atoms with Gasteiger partial charge in [0.1, 0.15) is 5.75 Å². The number of amides is 2. The number of benzene rings is 2. The fourth-order valence-corrected chi connectivity index (χ4v) is 2.11. The first-order valence-corrected chi connectivity index (χ1v) is 7.94. The highest BCUT2D eigenvalue weighted by Gasteiger charge is 2.07. The van der Waals surface area contributed by atoms with Gasteiger partial charge in [0.2, 0.25) is 5.91 Å². The van der Waals surface area contributed by atoms with Crippen LogP contribution in [0.4, 0.5) is 5.69 Å². The predicted octanol–water partition coefficient (Wildman–Crippen LogP) is 1.41. The molecule has 0 aromatic heterocycles. The lowest BCUT2D eigenvalue weighted by molar-refractivity contribution is -0.384. The van der Waals surface area contributed by atoms with Gasteiger partial charge in [-0.3, -0.25) is 19.7 Å². The number of rotatable bonds is 8. The molecule has 9 nitrogen and oxygen atoms in total. The topological polar surface area (TPSA) is 123 Å². The normalized spacial score (nSPS) is 10.4. The molecule has 2 aromatic rings. The summed E-state index contributed by atoms with van der Waals surface area (Å²) in [7, 11) is 1.56. The number of ether oxygens (including phenoxy) is 1. The number of carbonyl (C=O) groups is 2. The summed E-state index contributed by atoms with van der Waals surface area (Å²) in [5, 5.41) is 16.9. The van der Waals surface area contributed by atoms with Crippen LogP contribution in [0.3, 0.4) is 0 Å². The quantitative estimate of drug-likeness (QED) is 0.413. The zero-order valence-electron chi connectivity index (χ0n) is 14.5. The molecule has 0 saturated heterocycles. The highest BCUT2D eigenvalue weighted by Crippen LogP contribution is 2.12. The van der Waals surface area contributed by atoms with Gasteiger partial charge in [0.05, 0.1) is 31.2 Å². The van der Waals surface area contributed by atoms with Crippen molar-refractivity contribution in [3.63, 3.8) is 0 Å². The van der Waals surface area contributed by atoms with Crippen molar-refractivity contribution < 1.29 is 19.2 Å². The molecule has 2 rings (SSSR count). The Hall–Kier alpha value is -3.75. The first-order valence-electron chi connectivity index (χ1n) is 7.94. The van der Waals surface area contributed by atoms with Crippen molar-refractivity contribution in [1.82, 2.24) is 10.7 Å². The summed E-state index contributed by atoms with van der Waals surface area (Å²) in [4.78, 5) is 33.7. The van der Waals surface area contributed by atoms with Crippen molar-refractivity contribution >= 4 is 23.7 Å². The Kier molecular flexibility index (Phi) is 7.00. The van der Waals surface area contributed by atoms with Crippen LogP contribution < -0.4 is 15.5 Å². The van der Waals surface area contributed by atoms with Gasteiger partial charge in [-0.15, -0.1) is 0 Å². The minimum Gasteiger partial charge on any atom is -0.497 e. The van der Waals surface area contributed by atoms with Crippen molar-refractivity contribution in [2.45, 2.75) is 6.42 Å². The van der Waals surface area contributed by atoms with Gasteiger partial charge in [0.15, 0.2) is 0 Å². The van der Waals surface area contributed by atoms with Gasteiger partial charge in [0, 0.05) is 17.7 Å². The molecule has 0 unspecified atom stereocenters. The van der Waals surface area contributed by atoms with Gasteiger partial charge < -0.3 is 10.1 Å². The molecule has 2 aromatic carbocycles. The van der Waals surface area contributed by atoms with Crippen molar-refractivity contribution in [2.75, 3.05) is 13.7 Å². The van der Waals surface area contributed by atoms with Crippen molar-refractivity contribution in [2.24, 2.45) is 5.10 Å². The van der Waals surface area contributed by atoms with Gasteiger partial charge in [-0.05, 0) is 17.7 Å². The Labute approximate surface area is 155 Å². The number of hydrogen-bond donors (Lipinski definition) is 2. The van der Waals surface area contributed by atoms with Gasteiger partial charge >= 0.3 is 0 Å². The number of methoxy groups -OCH3 is 1. The van der Waals surface area contributed by atoms with E-state index in [1.165, 1.54) is 24.4 Å². The van der Waals surface area contributed by atoms with E-state index in [1.807, 2.05) is 0 Å². The second-order valence-corrected chi connectivity index (χ2v) is 5.45. The zero-order chi connectivity index (χ0) is 19.6. The smallest absolute Gasteiger partial charge is 0.270 e. The van der Waals surface area contributed by atoms with Gasteiger partial charge in [-0.1, -0.05) is 24.3 Å². The van der Waals surface area contributed by atoms with Crippen LogP contribution in [0.25, 0.3) is 0 Å². The van der Waals surface area contributed by atoms with E-state index in [1.54, 1.807) is 37.4 Å². The Bertz CT molecular complexity index is 849. The van der Waals surface area contributed by atoms with E-state index in [2.05, 4.69) is 15.8 Å². The number of non-ortho nitro benzene ring substituents is 1. The molecule has 0 aliphatic carbocycles. The van der Waals surface area contributed by atoms with E-state index >= 15 is 0 Å². The second kappa shape index (κ2) is 9.66. The fourth-order valence-electron chi connectivity index (χ4n) is 2.11. The van der Waals surface area contributed by atoms with Crippen LogP contribution in [-0.4, -0.2) is 36.6 Å². The molecule has 2 N–H and O–H groups in total. The summed E-state index contributed by atoms with van der Waals surface area (Å²) in [5.41, 5.74) is 3.43. The number of hydrogen-bond acceptors (Lipinski definition) is 6. The van der Waals surface area contributed by atoms with E-state index in [-0.39, 0.29) is 24.6 Å². The maximum Gasteiger partial charge on any atom is 0.270 e. The van der Waals surface area contributed by atoms with Crippen LogP contribution in [0.15, 0.2) is 53.6 Å². The Morgan fingerprint density at radius 2 is 1.93 bits per heavy atom. The lowest BCUT2D eigenvalue weighted by atomic mass is 10.1. The Balaban J connectivity index is 1.75. The highest BCUT2D eigenvalue weighted by molar-refractivity contribution is 5.87. The highest BCUT2D eigenvalue weighted by atomic mass is 16.6. The third-order valence-corrected chi connectivity index (χ3v) is 3.45. The number of hydrazone groups is 1. The second-order valence-electron chi connectivity index (χ2n) is 5.45. The molecule has 0 atom stereocenters. The summed E-state index contributed by atoms with van der Waals surface area (Å²) in [6.07, 6.45) is 1.41. The first kappa shape index (κ1) is 19.6. The molecule has 0 bridgehead atoms. The molecule has 0 radical (unpaired) electrons. The third-order valence-electron chi connectivity index (χ3n) is 3.45. The minimum absolute atomic E-state index is 0.0731. The Morgan fingerprint density at radius 1 is 1.19 bits per heavy atom. The first-order chi connectivity index (χ1) is 13.0. The van der Waals surface area contributed by atoms with Crippen LogP contribution in [-0.2, 0) is 16.0 Å². The molecule has 9 heteroatoms. The standard InChI is InChI=1S/C18H18N4O5/c1-27-16-7-5-13(6-8-16)10-17(23)19-12-18(24)21-20-11-14-3-2-4-15(9-14)22(25)26/h2-9,11H,10,12H2,1H3,(H,19,23)(H,21,24)/b20-11+. The van der Waals surface area contributed by atoms with E-state index in [9.17, 15) is 19.7 Å². The summed E-state index contributed by atoms with van der Waals surface area (Å²) < 4.78 is 5.04. The fraction of sp³-hybridized carbons (Fsp3) is 0.167. The average Bonchev–Trinajstić information content (AvgIpc) is 2.67. The molecule has 0 aliphatic heterocycles. The van der Waals surface area contributed by atoms with E-state index < -0.39 is 10.8 Å². The SMILES string of the molecule is COc1ccc(CC(=O)NCC(=O)N/N=C/c2cccc([N+](=O)[O-])c2)cc1. The van der Waals surface area contributed by atoms with Crippen LogP contribution in [0.1, 0.15) is 11.1 Å². The van der Waals surface area contributed by atoms with E-state index in [4.69, 9.17) is 4.74 Å². The number of nitro benzene ring substituents is 1. The van der Waals surface area contributed by atoms with Gasteiger partial charge in [-0.25, -0.2) is 5.43 Å². The van der Waals surface area contributed by atoms with E-state index in [0.717, 1.165) is 5.56 Å². The predicted molar refractivity (Wildman–Crippen MR) is 98.5 cm³/mol. The molecule has 0 aliphatic rings. The van der Waals surface area contributed by atoms with Crippen LogP contribution in [0.5, 0.6) is 5.75 Å². The van der Waals surface area contributed by atoms with Gasteiger partial charge in [-0.2, -0.15) is 5.10 Å². The summed E-state index contributed by atoms with van der Waals surface area (Å²) in [6, 6.07) is 12.8. The molecular weight excluding hydrogens is 352 g/mol. The molecule has 0 fully saturated rings. The monoisotopic (exact) mass is 370 g/mol. The number of nitro groups is 1. The van der Waals surface area contributed by atoms with Crippen molar-refractivity contribution in [3.8, 4) is 5.75 Å². The number of nitrogens with one attached hydrogen (secondary N) is 2. The summed E-state index contributed by atoms with van der Waals surface area (Å²) in [6.45, 7) is -0.235. The molecule has 0 spiro atoms. The lowest BCUT2D eigenvalue weighted by Crippen LogP contribution is -2.35. The molecule has 2 amide bonds. The Morgan fingerprint density at radius 3 is 2.59 bits per heavy atom. The van der Waals surface area contributed by atoms with Crippen molar-refractivity contribution in [3.05, 3.63) is 69.8 Å². The molecule has 27 heavy (non-hydrogen) atoms. The molecular formula is C18H18N4O5. The maximum atomic E-state index is 11.8. The molecule has 0 saturated carbocycles. The molecule has 0 heterocycles. The minimum atomic E-state index is -0.520. The van der Waals surface area contributed by atoms with Crippen LogP contribution >= 0.6 is 0 Å². The largest absolute Gasteiger partial charge is 0.497 e. The lowest BCUT2D eigenvalue weighted by Gasteiger charge is -2.05. The molecule has 140 valence electrons. The van der Waals surface area contributed by atoms with Crippen LogP contribution in [0.2, 0.25) is 0 Å². The number of carbonyl (C=O) groups excluding carboxylic acids is 2. The zero-order valence-corrected chi connectivity index (χ0v) is 14.5. The van der Waals surface area contributed by atoms with Crippen LogP contribution in [0, 0.1) is 10.1 Å². The van der Waals surface area contributed by atoms with Crippen molar-refractivity contribution in [1.29, 1.82) is 0 Å². The average molecular weight is 370 g/mol. The maximum absolute atomic E-state index is 11.8. The summed E-state index contributed by atoms with van der Waals surface area (Å²) in [5.74, 6) is -0.127. The van der Waals surface area contributed by atoms with E-state index in [0.29, 0.717) is 11.3 Å². The third kappa shape index (κ3) is 6.58. The summed E-state index contributed by atoms with van der Waals surface area (Å²) >= 11 is 0.